The SMILES string of the molecule is COc1ccc2c(Nc3ccc(F)cc3F)cc(C)nc2c1. The van der Waals surface area contributed by atoms with Crippen molar-refractivity contribution in [1.82, 2.24) is 4.98 Å². The number of anilines is 2. The van der Waals surface area contributed by atoms with E-state index in [1.165, 1.54) is 12.1 Å². The van der Waals surface area contributed by atoms with E-state index in [-0.39, 0.29) is 5.69 Å². The summed E-state index contributed by atoms with van der Waals surface area (Å²) in [5.41, 5.74) is 2.44. The van der Waals surface area contributed by atoms with E-state index in [4.69, 9.17) is 4.74 Å². The van der Waals surface area contributed by atoms with E-state index in [0.717, 1.165) is 22.7 Å². The molecule has 3 rings (SSSR count). The largest absolute Gasteiger partial charge is 0.497 e. The Bertz CT molecular complexity index is 849. The molecule has 1 aromatic heterocycles. The molecular formula is C17H14F2N2O. The number of aromatic nitrogens is 1. The molecule has 5 heteroatoms. The van der Waals surface area contributed by atoms with Crippen molar-refractivity contribution < 1.29 is 13.5 Å². The van der Waals surface area contributed by atoms with Crippen LogP contribution in [0.1, 0.15) is 5.69 Å². The molecule has 112 valence electrons. The first-order chi connectivity index (χ1) is 10.6. The van der Waals surface area contributed by atoms with Crippen molar-refractivity contribution in [2.24, 2.45) is 0 Å². The summed E-state index contributed by atoms with van der Waals surface area (Å²) in [6.07, 6.45) is 0. The second-order valence-electron chi connectivity index (χ2n) is 4.94. The number of hydrogen-bond acceptors (Lipinski definition) is 3. The lowest BCUT2D eigenvalue weighted by Gasteiger charge is -2.12. The quantitative estimate of drug-likeness (QED) is 0.769. The fraction of sp³-hybridized carbons (Fsp3) is 0.118. The number of ether oxygens (including phenoxy) is 1. The van der Waals surface area contributed by atoms with E-state index < -0.39 is 11.6 Å². The number of benzene rings is 2. The molecule has 2 aromatic carbocycles. The van der Waals surface area contributed by atoms with Gasteiger partial charge in [0.2, 0.25) is 0 Å². The van der Waals surface area contributed by atoms with Crippen LogP contribution < -0.4 is 10.1 Å². The summed E-state index contributed by atoms with van der Waals surface area (Å²) in [6.45, 7) is 1.85. The maximum absolute atomic E-state index is 13.8. The molecular weight excluding hydrogens is 286 g/mol. The van der Waals surface area contributed by atoms with Crippen LogP contribution in [0.3, 0.4) is 0 Å². The number of methoxy groups -OCH3 is 1. The Morgan fingerprint density at radius 1 is 1.00 bits per heavy atom. The Labute approximate surface area is 126 Å². The number of aryl methyl sites for hydroxylation is 1. The van der Waals surface area contributed by atoms with Crippen LogP contribution in [-0.4, -0.2) is 12.1 Å². The van der Waals surface area contributed by atoms with Crippen molar-refractivity contribution in [2.45, 2.75) is 6.92 Å². The number of rotatable bonds is 3. The highest BCUT2D eigenvalue weighted by Crippen LogP contribution is 2.30. The van der Waals surface area contributed by atoms with Crippen LogP contribution in [0, 0.1) is 18.6 Å². The number of hydrogen-bond donors (Lipinski definition) is 1. The highest BCUT2D eigenvalue weighted by Gasteiger charge is 2.09. The van der Waals surface area contributed by atoms with Gasteiger partial charge in [0.05, 0.1) is 18.3 Å². The number of halogens is 2. The molecule has 0 aliphatic carbocycles. The maximum Gasteiger partial charge on any atom is 0.149 e. The van der Waals surface area contributed by atoms with Crippen LogP contribution in [0.2, 0.25) is 0 Å². The second kappa shape index (κ2) is 5.60. The molecule has 0 saturated heterocycles. The summed E-state index contributed by atoms with van der Waals surface area (Å²) >= 11 is 0. The first kappa shape index (κ1) is 14.3. The van der Waals surface area contributed by atoms with Crippen molar-refractivity contribution in [3.05, 3.63) is 59.8 Å². The van der Waals surface area contributed by atoms with Gasteiger partial charge in [0.1, 0.15) is 17.4 Å². The maximum atomic E-state index is 13.8. The summed E-state index contributed by atoms with van der Waals surface area (Å²) in [7, 11) is 1.59. The van der Waals surface area contributed by atoms with Crippen LogP contribution in [-0.2, 0) is 0 Å². The lowest BCUT2D eigenvalue weighted by molar-refractivity contribution is 0.415. The zero-order valence-corrected chi connectivity index (χ0v) is 12.2. The Kier molecular flexibility index (Phi) is 3.63. The molecule has 1 heterocycles. The van der Waals surface area contributed by atoms with Gasteiger partial charge in [-0.1, -0.05) is 0 Å². The van der Waals surface area contributed by atoms with E-state index in [2.05, 4.69) is 10.3 Å². The fourth-order valence-corrected chi connectivity index (χ4v) is 2.31. The third-order valence-corrected chi connectivity index (χ3v) is 3.35. The average molecular weight is 300 g/mol. The van der Waals surface area contributed by atoms with Crippen LogP contribution in [0.15, 0.2) is 42.5 Å². The Morgan fingerprint density at radius 3 is 2.55 bits per heavy atom. The molecule has 0 spiro atoms. The van der Waals surface area contributed by atoms with Gasteiger partial charge in [-0.15, -0.1) is 0 Å². The van der Waals surface area contributed by atoms with Crippen molar-refractivity contribution in [3.8, 4) is 5.75 Å². The van der Waals surface area contributed by atoms with Gasteiger partial charge >= 0.3 is 0 Å². The third-order valence-electron chi connectivity index (χ3n) is 3.35. The lowest BCUT2D eigenvalue weighted by Crippen LogP contribution is -1.97. The van der Waals surface area contributed by atoms with E-state index in [0.29, 0.717) is 11.4 Å². The lowest BCUT2D eigenvalue weighted by atomic mass is 10.1. The molecule has 0 aliphatic rings. The smallest absolute Gasteiger partial charge is 0.149 e. The van der Waals surface area contributed by atoms with Gasteiger partial charge in [0, 0.05) is 28.9 Å². The topological polar surface area (TPSA) is 34.1 Å². The molecule has 0 fully saturated rings. The molecule has 0 unspecified atom stereocenters. The van der Waals surface area contributed by atoms with Crippen molar-refractivity contribution in [3.63, 3.8) is 0 Å². The van der Waals surface area contributed by atoms with Gasteiger partial charge in [0.25, 0.3) is 0 Å². The van der Waals surface area contributed by atoms with E-state index in [9.17, 15) is 8.78 Å². The predicted molar refractivity (Wildman–Crippen MR) is 82.7 cm³/mol. The number of nitrogens with zero attached hydrogens (tertiary/aromatic N) is 1. The predicted octanol–water partition coefficient (Wildman–Crippen LogP) is 4.57. The Hall–Kier alpha value is -2.69. The monoisotopic (exact) mass is 300 g/mol. The van der Waals surface area contributed by atoms with Crippen molar-refractivity contribution >= 4 is 22.3 Å². The van der Waals surface area contributed by atoms with E-state index >= 15 is 0 Å². The molecule has 22 heavy (non-hydrogen) atoms. The van der Waals surface area contributed by atoms with Gasteiger partial charge in [-0.3, -0.25) is 4.98 Å². The number of nitrogens with one attached hydrogen (secondary N) is 1. The minimum absolute atomic E-state index is 0.212. The fourth-order valence-electron chi connectivity index (χ4n) is 2.31. The molecule has 0 amide bonds. The standard InChI is InChI=1S/C17H14F2N2O/c1-10-7-16(21-15-6-3-11(18)8-14(15)19)13-5-4-12(22-2)9-17(13)20-10/h3-9H,1-2H3,(H,20,21). The third kappa shape index (κ3) is 2.70. The highest BCUT2D eigenvalue weighted by atomic mass is 19.1. The minimum Gasteiger partial charge on any atom is -0.497 e. The molecule has 0 bridgehead atoms. The minimum atomic E-state index is -0.642. The van der Waals surface area contributed by atoms with Gasteiger partial charge in [0.15, 0.2) is 0 Å². The molecule has 0 aliphatic heterocycles. The summed E-state index contributed by atoms with van der Waals surface area (Å²) in [6, 6.07) is 10.7. The second-order valence-corrected chi connectivity index (χ2v) is 4.94. The molecule has 0 atom stereocenters. The molecule has 0 saturated carbocycles. The summed E-state index contributed by atoms with van der Waals surface area (Å²) < 4.78 is 32.0. The van der Waals surface area contributed by atoms with Crippen LogP contribution in [0.25, 0.3) is 10.9 Å². The first-order valence-corrected chi connectivity index (χ1v) is 6.74. The molecule has 3 aromatic rings. The van der Waals surface area contributed by atoms with Crippen LogP contribution in [0.5, 0.6) is 5.75 Å². The van der Waals surface area contributed by atoms with Crippen molar-refractivity contribution in [1.29, 1.82) is 0 Å². The van der Waals surface area contributed by atoms with Crippen molar-refractivity contribution in [2.75, 3.05) is 12.4 Å². The van der Waals surface area contributed by atoms with E-state index in [1.807, 2.05) is 31.2 Å². The average Bonchev–Trinajstić information content (AvgIpc) is 2.49. The summed E-state index contributed by atoms with van der Waals surface area (Å²) in [5.74, 6) is -0.552. The zero-order valence-electron chi connectivity index (χ0n) is 12.2. The van der Waals surface area contributed by atoms with Gasteiger partial charge in [-0.25, -0.2) is 8.78 Å². The van der Waals surface area contributed by atoms with Gasteiger partial charge in [-0.2, -0.15) is 0 Å². The Balaban J connectivity index is 2.09. The zero-order chi connectivity index (χ0) is 15.7. The highest BCUT2D eigenvalue weighted by molar-refractivity contribution is 5.94. The van der Waals surface area contributed by atoms with Crippen LogP contribution >= 0.6 is 0 Å². The first-order valence-electron chi connectivity index (χ1n) is 6.74. The molecule has 1 N–H and O–H groups in total. The number of fused-ring (bicyclic) bond motifs is 1. The van der Waals surface area contributed by atoms with Gasteiger partial charge < -0.3 is 10.1 Å². The van der Waals surface area contributed by atoms with Gasteiger partial charge in [-0.05, 0) is 37.3 Å². The summed E-state index contributed by atoms with van der Waals surface area (Å²) in [5, 5.41) is 3.83. The normalized spacial score (nSPS) is 10.7. The van der Waals surface area contributed by atoms with E-state index in [1.54, 1.807) is 7.11 Å². The molecule has 3 nitrogen and oxygen atoms in total. The molecule has 0 radical (unpaired) electrons. The number of pyridine rings is 1. The van der Waals surface area contributed by atoms with Crippen LogP contribution in [0.4, 0.5) is 20.2 Å². The summed E-state index contributed by atoms with van der Waals surface area (Å²) in [4.78, 5) is 4.45. The Morgan fingerprint density at radius 2 is 1.82 bits per heavy atom.